The SMILES string of the molecule is CCOC(=O)CC1Oc2c(cc(C(=O)CN3Cc4cc(OCC)c(OCC)c(F)c4C3=N)cc2C(C)(C)C)NC1=O.Cl. The number of Topliss-reactive ketones (excluding diaryl/α,β-unsaturated/α-hetero) is 1. The van der Waals surface area contributed by atoms with Gasteiger partial charge in [-0.1, -0.05) is 20.8 Å². The predicted molar refractivity (Wildman–Crippen MR) is 157 cm³/mol. The van der Waals surface area contributed by atoms with Crippen LogP contribution in [0.5, 0.6) is 17.2 Å². The fraction of sp³-hybridized carbons (Fsp3) is 0.467. The van der Waals surface area contributed by atoms with Gasteiger partial charge in [-0.25, -0.2) is 4.39 Å². The Morgan fingerprint density at radius 3 is 2.43 bits per heavy atom. The van der Waals surface area contributed by atoms with E-state index in [1.165, 1.54) is 11.0 Å². The highest BCUT2D eigenvalue weighted by Gasteiger charge is 2.36. The molecule has 2 heterocycles. The van der Waals surface area contributed by atoms with Crippen LogP contribution in [0, 0.1) is 11.2 Å². The van der Waals surface area contributed by atoms with Gasteiger partial charge in [0, 0.05) is 17.7 Å². The lowest BCUT2D eigenvalue weighted by atomic mass is 9.84. The third-order valence-electron chi connectivity index (χ3n) is 6.79. The minimum Gasteiger partial charge on any atom is -0.490 e. The first-order chi connectivity index (χ1) is 19.4. The number of halogens is 2. The van der Waals surface area contributed by atoms with Gasteiger partial charge in [0.2, 0.25) is 0 Å². The number of esters is 1. The first-order valence-electron chi connectivity index (χ1n) is 13.7. The second kappa shape index (κ2) is 13.0. The first-order valence-corrected chi connectivity index (χ1v) is 13.7. The molecule has 2 N–H and O–H groups in total. The van der Waals surface area contributed by atoms with Crippen LogP contribution in [-0.2, 0) is 26.3 Å². The highest BCUT2D eigenvalue weighted by atomic mass is 35.5. The molecule has 42 heavy (non-hydrogen) atoms. The maximum absolute atomic E-state index is 15.5. The zero-order valence-electron chi connectivity index (χ0n) is 24.6. The molecule has 0 bridgehead atoms. The zero-order valence-corrected chi connectivity index (χ0v) is 25.5. The molecule has 0 spiro atoms. The Labute approximate surface area is 250 Å². The van der Waals surface area contributed by atoms with E-state index in [1.807, 2.05) is 20.8 Å². The average molecular weight is 606 g/mol. The largest absolute Gasteiger partial charge is 0.490 e. The fourth-order valence-electron chi connectivity index (χ4n) is 4.90. The summed E-state index contributed by atoms with van der Waals surface area (Å²) < 4.78 is 37.4. The number of fused-ring (bicyclic) bond motifs is 2. The van der Waals surface area contributed by atoms with Crippen molar-refractivity contribution >= 4 is 41.6 Å². The number of amidine groups is 1. The third kappa shape index (κ3) is 6.46. The van der Waals surface area contributed by atoms with Crippen molar-refractivity contribution in [1.82, 2.24) is 4.90 Å². The van der Waals surface area contributed by atoms with Gasteiger partial charge in [-0.2, -0.15) is 0 Å². The number of ketones is 1. The third-order valence-corrected chi connectivity index (χ3v) is 6.79. The summed E-state index contributed by atoms with van der Waals surface area (Å²) >= 11 is 0. The van der Waals surface area contributed by atoms with Gasteiger partial charge >= 0.3 is 5.97 Å². The van der Waals surface area contributed by atoms with Crippen molar-refractivity contribution in [3.05, 3.63) is 46.3 Å². The molecule has 0 saturated heterocycles. The highest BCUT2D eigenvalue weighted by Crippen LogP contribution is 2.42. The maximum Gasteiger partial charge on any atom is 0.310 e. The van der Waals surface area contributed by atoms with Crippen molar-refractivity contribution in [3.8, 4) is 17.2 Å². The molecule has 2 aliphatic heterocycles. The molecule has 4 rings (SSSR count). The molecule has 2 aliphatic rings. The van der Waals surface area contributed by atoms with Crippen LogP contribution in [0.3, 0.4) is 0 Å². The summed E-state index contributed by atoms with van der Waals surface area (Å²) in [5.74, 6) is -1.60. The van der Waals surface area contributed by atoms with Crippen LogP contribution < -0.4 is 19.5 Å². The van der Waals surface area contributed by atoms with Crippen molar-refractivity contribution in [3.63, 3.8) is 0 Å². The number of carbonyl (C=O) groups is 3. The second-order valence-corrected chi connectivity index (χ2v) is 10.8. The molecule has 1 atom stereocenters. The van der Waals surface area contributed by atoms with Crippen molar-refractivity contribution in [2.75, 3.05) is 31.7 Å². The van der Waals surface area contributed by atoms with E-state index in [-0.39, 0.29) is 73.8 Å². The minimum absolute atomic E-state index is 0. The quantitative estimate of drug-likeness (QED) is 0.286. The van der Waals surface area contributed by atoms with Gasteiger partial charge in [0.15, 0.2) is 29.2 Å². The van der Waals surface area contributed by atoms with Gasteiger partial charge in [-0.05, 0) is 49.9 Å². The van der Waals surface area contributed by atoms with E-state index in [1.54, 1.807) is 32.9 Å². The number of rotatable bonds is 10. The van der Waals surface area contributed by atoms with Crippen LogP contribution in [0.4, 0.5) is 10.1 Å². The number of benzene rings is 2. The summed E-state index contributed by atoms with van der Waals surface area (Å²) in [6, 6.07) is 4.88. The Balaban J connectivity index is 0.00000484. The molecule has 0 fully saturated rings. The summed E-state index contributed by atoms with van der Waals surface area (Å²) in [5, 5.41) is 11.4. The van der Waals surface area contributed by atoms with Crippen LogP contribution >= 0.6 is 12.4 Å². The zero-order chi connectivity index (χ0) is 30.1. The molecule has 228 valence electrons. The fourth-order valence-corrected chi connectivity index (χ4v) is 4.90. The first kappa shape index (κ1) is 32.7. The summed E-state index contributed by atoms with van der Waals surface area (Å²) in [4.78, 5) is 39.8. The van der Waals surface area contributed by atoms with Crippen molar-refractivity contribution in [2.24, 2.45) is 0 Å². The number of nitrogens with one attached hydrogen (secondary N) is 2. The molecule has 0 aromatic heterocycles. The molecule has 2 aromatic rings. The lowest BCUT2D eigenvalue weighted by Gasteiger charge is -2.32. The van der Waals surface area contributed by atoms with E-state index in [0.29, 0.717) is 34.7 Å². The van der Waals surface area contributed by atoms with E-state index < -0.39 is 29.2 Å². The Morgan fingerprint density at radius 1 is 1.12 bits per heavy atom. The standard InChI is InChI=1S/C30H36FN3O7.ClH/c1-7-38-21-12-17-14-34(28(32)24(17)25(31)27(21)40-9-3)15-20(35)16-10-18(30(4,5)6)26-19(11-16)33-29(37)22(41-26)13-23(36)39-8-2;/h10-12,22,32H,7-9,13-15H2,1-6H3,(H,33,37);1H. The van der Waals surface area contributed by atoms with Crippen molar-refractivity contribution in [2.45, 2.75) is 66.0 Å². The van der Waals surface area contributed by atoms with Gasteiger partial charge in [0.05, 0.1) is 44.0 Å². The Hall–Kier alpha value is -3.86. The lowest BCUT2D eigenvalue weighted by molar-refractivity contribution is -0.147. The molecule has 0 aliphatic carbocycles. The molecule has 12 heteroatoms. The van der Waals surface area contributed by atoms with E-state index in [0.717, 1.165) is 0 Å². The monoisotopic (exact) mass is 605 g/mol. The van der Waals surface area contributed by atoms with E-state index >= 15 is 4.39 Å². The average Bonchev–Trinajstić information content (AvgIpc) is 3.20. The second-order valence-electron chi connectivity index (χ2n) is 10.8. The summed E-state index contributed by atoms with van der Waals surface area (Å²) in [5.41, 5.74) is 1.41. The molecule has 0 radical (unpaired) electrons. The predicted octanol–water partition coefficient (Wildman–Crippen LogP) is 5.02. The van der Waals surface area contributed by atoms with E-state index in [2.05, 4.69) is 5.32 Å². The van der Waals surface area contributed by atoms with Gasteiger partial charge in [0.25, 0.3) is 5.91 Å². The molecule has 10 nitrogen and oxygen atoms in total. The maximum atomic E-state index is 15.5. The molecule has 0 saturated carbocycles. The number of anilines is 1. The number of carbonyl (C=O) groups excluding carboxylic acids is 3. The van der Waals surface area contributed by atoms with Crippen LogP contribution in [0.25, 0.3) is 0 Å². The van der Waals surface area contributed by atoms with Gasteiger partial charge in [0.1, 0.15) is 11.6 Å². The molecule has 2 aromatic carbocycles. The van der Waals surface area contributed by atoms with Crippen LogP contribution in [0.2, 0.25) is 0 Å². The number of hydrogen-bond acceptors (Lipinski definition) is 8. The van der Waals surface area contributed by atoms with Gasteiger partial charge < -0.3 is 29.2 Å². The summed E-state index contributed by atoms with van der Waals surface area (Å²) in [7, 11) is 0. The van der Waals surface area contributed by atoms with Crippen molar-refractivity contribution < 1.29 is 37.7 Å². The van der Waals surface area contributed by atoms with E-state index in [4.69, 9.17) is 24.4 Å². The van der Waals surface area contributed by atoms with Gasteiger partial charge in [-0.15, -0.1) is 12.4 Å². The Kier molecular flexibility index (Phi) is 10.1. The highest BCUT2D eigenvalue weighted by molar-refractivity contribution is 6.07. The normalized spacial score (nSPS) is 15.6. The molecular formula is C30H37ClFN3O7. The number of amides is 1. The van der Waals surface area contributed by atoms with E-state index in [9.17, 15) is 14.4 Å². The lowest BCUT2D eigenvalue weighted by Crippen LogP contribution is -2.40. The number of ether oxygens (including phenoxy) is 4. The smallest absolute Gasteiger partial charge is 0.310 e. The number of hydrogen-bond donors (Lipinski definition) is 2. The topological polar surface area (TPSA) is 127 Å². The van der Waals surface area contributed by atoms with Crippen LogP contribution in [0.1, 0.15) is 75.0 Å². The number of nitrogens with zero attached hydrogens (tertiary/aromatic N) is 1. The van der Waals surface area contributed by atoms with Crippen LogP contribution in [0.15, 0.2) is 18.2 Å². The molecular weight excluding hydrogens is 569 g/mol. The molecule has 1 unspecified atom stereocenters. The Bertz CT molecular complexity index is 1410. The Morgan fingerprint density at radius 2 is 1.81 bits per heavy atom. The van der Waals surface area contributed by atoms with Crippen LogP contribution in [-0.4, -0.2) is 60.9 Å². The summed E-state index contributed by atoms with van der Waals surface area (Å²) in [6.07, 6.45) is -1.31. The molecule has 1 amide bonds. The minimum atomic E-state index is -1.06. The van der Waals surface area contributed by atoms with Crippen molar-refractivity contribution in [1.29, 1.82) is 5.41 Å². The summed E-state index contributed by atoms with van der Waals surface area (Å²) in [6.45, 7) is 11.7. The van der Waals surface area contributed by atoms with Gasteiger partial charge in [-0.3, -0.25) is 19.8 Å².